The van der Waals surface area contributed by atoms with Crippen molar-refractivity contribution in [1.29, 1.82) is 0 Å². The summed E-state index contributed by atoms with van der Waals surface area (Å²) in [5.74, 6) is 0.366. The Labute approximate surface area is 149 Å². The van der Waals surface area contributed by atoms with Gasteiger partial charge >= 0.3 is 6.18 Å². The Hall–Kier alpha value is -2.16. The van der Waals surface area contributed by atoms with Crippen LogP contribution in [0.15, 0.2) is 18.6 Å². The molecule has 2 aromatic heterocycles. The first-order valence-corrected chi connectivity index (χ1v) is 8.56. The van der Waals surface area contributed by atoms with Crippen molar-refractivity contribution < 1.29 is 18.0 Å². The number of nitrogens with one attached hydrogen (secondary N) is 1. The van der Waals surface area contributed by atoms with Gasteiger partial charge in [-0.05, 0) is 18.9 Å². The van der Waals surface area contributed by atoms with Gasteiger partial charge in [0.05, 0.1) is 11.8 Å². The summed E-state index contributed by atoms with van der Waals surface area (Å²) in [6.07, 6.45) is -1.27. The zero-order valence-electron chi connectivity index (χ0n) is 14.8. The Morgan fingerprint density at radius 1 is 1.42 bits per heavy atom. The summed E-state index contributed by atoms with van der Waals surface area (Å²) in [6.45, 7) is 2.85. The molecule has 1 fully saturated rings. The molecule has 1 aliphatic heterocycles. The Bertz CT molecular complexity index is 790. The number of H-pyrrole nitrogens is 1. The highest BCUT2D eigenvalue weighted by Gasteiger charge is 2.40. The summed E-state index contributed by atoms with van der Waals surface area (Å²) >= 11 is 0. The van der Waals surface area contributed by atoms with E-state index in [2.05, 4.69) is 15.0 Å². The second-order valence-corrected chi connectivity index (χ2v) is 7.05. The molecule has 1 unspecified atom stereocenters. The lowest BCUT2D eigenvalue weighted by Crippen LogP contribution is -2.52. The molecule has 0 radical (unpaired) electrons. The highest BCUT2D eigenvalue weighted by molar-refractivity contribution is 5.87. The maximum absolute atomic E-state index is 12.5. The number of rotatable bonds is 5. The van der Waals surface area contributed by atoms with Crippen LogP contribution in [0.1, 0.15) is 32.6 Å². The van der Waals surface area contributed by atoms with Crippen molar-refractivity contribution in [2.24, 2.45) is 5.41 Å². The SMILES string of the molecule is CN(c1ncnc2[nH]ccc12)N1CCCC(C)(C(=O)CCC(F)(F)F)C1. The van der Waals surface area contributed by atoms with E-state index in [1.165, 1.54) is 6.33 Å². The van der Waals surface area contributed by atoms with Crippen LogP contribution in [0.3, 0.4) is 0 Å². The van der Waals surface area contributed by atoms with Crippen LogP contribution in [-0.2, 0) is 4.79 Å². The average molecular weight is 369 g/mol. The van der Waals surface area contributed by atoms with E-state index >= 15 is 0 Å². The van der Waals surface area contributed by atoms with Gasteiger partial charge in [0.15, 0.2) is 5.82 Å². The van der Waals surface area contributed by atoms with E-state index in [1.54, 1.807) is 13.1 Å². The molecule has 142 valence electrons. The summed E-state index contributed by atoms with van der Waals surface area (Å²) in [5.41, 5.74) is -0.0786. The van der Waals surface area contributed by atoms with Crippen molar-refractivity contribution >= 4 is 22.6 Å². The molecule has 0 aromatic carbocycles. The fourth-order valence-electron chi connectivity index (χ4n) is 3.50. The molecule has 1 saturated heterocycles. The van der Waals surface area contributed by atoms with E-state index < -0.39 is 24.4 Å². The van der Waals surface area contributed by atoms with Crippen LogP contribution in [0.25, 0.3) is 11.0 Å². The van der Waals surface area contributed by atoms with Crippen LogP contribution in [0, 0.1) is 5.41 Å². The van der Waals surface area contributed by atoms with Gasteiger partial charge in [-0.3, -0.25) is 9.80 Å². The van der Waals surface area contributed by atoms with E-state index in [0.717, 1.165) is 11.8 Å². The summed E-state index contributed by atoms with van der Waals surface area (Å²) in [6, 6.07) is 1.87. The van der Waals surface area contributed by atoms with Gasteiger partial charge in [0.25, 0.3) is 0 Å². The minimum absolute atomic E-state index is 0.331. The molecule has 0 spiro atoms. The van der Waals surface area contributed by atoms with Crippen molar-refractivity contribution in [3.63, 3.8) is 0 Å². The number of hydrogen-bond donors (Lipinski definition) is 1. The maximum atomic E-state index is 12.5. The number of carbonyl (C=O) groups is 1. The topological polar surface area (TPSA) is 65.1 Å². The van der Waals surface area contributed by atoms with Crippen LogP contribution in [-0.4, -0.2) is 52.1 Å². The number of Topliss-reactive ketones (excluding diaryl/α,β-unsaturated/α-hetero) is 1. The number of fused-ring (bicyclic) bond motifs is 1. The average Bonchev–Trinajstić information content (AvgIpc) is 3.07. The zero-order valence-corrected chi connectivity index (χ0v) is 14.8. The predicted molar refractivity (Wildman–Crippen MR) is 91.5 cm³/mol. The molecule has 6 nitrogen and oxygen atoms in total. The molecule has 3 heterocycles. The summed E-state index contributed by atoms with van der Waals surface area (Å²) < 4.78 is 37.4. The second-order valence-electron chi connectivity index (χ2n) is 7.05. The Balaban J connectivity index is 1.75. The molecule has 1 N–H and O–H groups in total. The molecular weight excluding hydrogens is 347 g/mol. The van der Waals surface area contributed by atoms with Gasteiger partial charge in [-0.25, -0.2) is 15.0 Å². The zero-order chi connectivity index (χ0) is 18.9. The van der Waals surface area contributed by atoms with Crippen LogP contribution >= 0.6 is 0 Å². The molecule has 0 saturated carbocycles. The Kier molecular flexibility index (Phi) is 4.92. The number of alkyl halides is 3. The summed E-state index contributed by atoms with van der Waals surface area (Å²) in [7, 11) is 1.85. The highest BCUT2D eigenvalue weighted by atomic mass is 19.4. The minimum atomic E-state index is -4.31. The number of ketones is 1. The smallest absolute Gasteiger partial charge is 0.346 e. The first-order chi connectivity index (χ1) is 12.2. The number of hydrazine groups is 1. The van der Waals surface area contributed by atoms with Crippen LogP contribution in [0.5, 0.6) is 0 Å². The quantitative estimate of drug-likeness (QED) is 0.876. The fraction of sp³-hybridized carbons (Fsp3) is 0.588. The number of aromatic amines is 1. The number of aromatic nitrogens is 3. The van der Waals surface area contributed by atoms with Crippen LogP contribution in [0.2, 0.25) is 0 Å². The normalized spacial score (nSPS) is 21.9. The summed E-state index contributed by atoms with van der Waals surface area (Å²) in [4.78, 5) is 24.0. The lowest BCUT2D eigenvalue weighted by atomic mass is 9.77. The molecule has 0 bridgehead atoms. The molecular formula is C17H22F3N5O. The monoisotopic (exact) mass is 369 g/mol. The van der Waals surface area contributed by atoms with Crippen molar-refractivity contribution in [3.8, 4) is 0 Å². The van der Waals surface area contributed by atoms with Gasteiger partial charge in [-0.15, -0.1) is 0 Å². The van der Waals surface area contributed by atoms with Gasteiger partial charge in [-0.2, -0.15) is 13.2 Å². The first kappa shape index (κ1) is 18.6. The number of piperidine rings is 1. The number of nitrogens with zero attached hydrogens (tertiary/aromatic N) is 4. The van der Waals surface area contributed by atoms with Gasteiger partial charge in [-0.1, -0.05) is 6.92 Å². The third-order valence-electron chi connectivity index (χ3n) is 5.05. The van der Waals surface area contributed by atoms with Crippen molar-refractivity contribution in [3.05, 3.63) is 18.6 Å². The highest BCUT2D eigenvalue weighted by Crippen LogP contribution is 2.35. The van der Waals surface area contributed by atoms with E-state index in [-0.39, 0.29) is 5.78 Å². The number of carbonyl (C=O) groups excluding carboxylic acids is 1. The Morgan fingerprint density at radius 3 is 2.92 bits per heavy atom. The number of anilines is 1. The molecule has 0 amide bonds. The fourth-order valence-corrected chi connectivity index (χ4v) is 3.50. The molecule has 3 rings (SSSR count). The molecule has 26 heavy (non-hydrogen) atoms. The van der Waals surface area contributed by atoms with Crippen molar-refractivity contribution in [2.45, 2.75) is 38.8 Å². The lowest BCUT2D eigenvalue weighted by molar-refractivity contribution is -0.148. The number of halogens is 3. The molecule has 0 aliphatic carbocycles. The third-order valence-corrected chi connectivity index (χ3v) is 5.05. The standard InChI is InChI=1S/C17H22F3N5O/c1-16(13(26)4-7-17(18,19)20)6-3-9-25(10-16)24(2)15-12-5-8-21-14(12)22-11-23-15/h5,8,11H,3-4,6-7,9-10H2,1-2H3,(H,21,22,23). The van der Waals surface area contributed by atoms with Gasteiger partial charge < -0.3 is 4.98 Å². The van der Waals surface area contributed by atoms with Gasteiger partial charge in [0.2, 0.25) is 0 Å². The Morgan fingerprint density at radius 2 is 2.19 bits per heavy atom. The van der Waals surface area contributed by atoms with E-state index in [4.69, 9.17) is 0 Å². The van der Waals surface area contributed by atoms with Gasteiger partial charge in [0, 0.05) is 38.2 Å². The van der Waals surface area contributed by atoms with Gasteiger partial charge in [0.1, 0.15) is 17.8 Å². The lowest BCUT2D eigenvalue weighted by Gasteiger charge is -2.43. The predicted octanol–water partition coefficient (Wildman–Crippen LogP) is 3.32. The maximum Gasteiger partial charge on any atom is 0.389 e. The summed E-state index contributed by atoms with van der Waals surface area (Å²) in [5, 5.41) is 4.70. The van der Waals surface area contributed by atoms with Crippen molar-refractivity contribution in [2.75, 3.05) is 25.1 Å². The van der Waals surface area contributed by atoms with E-state index in [0.29, 0.717) is 31.0 Å². The second kappa shape index (κ2) is 6.86. The largest absolute Gasteiger partial charge is 0.389 e. The van der Waals surface area contributed by atoms with E-state index in [9.17, 15) is 18.0 Å². The van der Waals surface area contributed by atoms with Crippen LogP contribution in [0.4, 0.5) is 19.0 Å². The molecule has 1 atom stereocenters. The molecule has 2 aromatic rings. The third kappa shape index (κ3) is 3.82. The first-order valence-electron chi connectivity index (χ1n) is 8.56. The van der Waals surface area contributed by atoms with Crippen molar-refractivity contribution in [1.82, 2.24) is 20.0 Å². The van der Waals surface area contributed by atoms with E-state index in [1.807, 2.05) is 23.1 Å². The van der Waals surface area contributed by atoms with Crippen LogP contribution < -0.4 is 5.01 Å². The number of hydrogen-bond acceptors (Lipinski definition) is 5. The molecule has 9 heteroatoms. The molecule has 1 aliphatic rings. The minimum Gasteiger partial charge on any atom is -0.346 e.